The van der Waals surface area contributed by atoms with Crippen LogP contribution in [-0.4, -0.2) is 95.0 Å². The number of piperazine rings is 1. The monoisotopic (exact) mass is 389 g/mol. The molecule has 1 N–H and O–H groups in total. The first-order valence-corrected chi connectivity index (χ1v) is 10.5. The van der Waals surface area contributed by atoms with Gasteiger partial charge in [0.15, 0.2) is 5.96 Å². The lowest BCUT2D eigenvalue weighted by atomic mass is 10.2. The molecule has 1 aromatic carbocycles. The summed E-state index contributed by atoms with van der Waals surface area (Å²) in [6, 6.07) is 8.26. The molecule has 0 amide bonds. The van der Waals surface area contributed by atoms with E-state index in [1.807, 2.05) is 12.1 Å². The van der Waals surface area contributed by atoms with E-state index in [9.17, 15) is 0 Å². The summed E-state index contributed by atoms with van der Waals surface area (Å²) in [6.07, 6.45) is 1.09. The molecule has 7 nitrogen and oxygen atoms in total. The van der Waals surface area contributed by atoms with Gasteiger partial charge in [-0.3, -0.25) is 9.89 Å². The Morgan fingerprint density at radius 3 is 2.57 bits per heavy atom. The number of rotatable bonds is 7. The summed E-state index contributed by atoms with van der Waals surface area (Å²) < 4.78 is 10.9. The Morgan fingerprint density at radius 2 is 1.86 bits per heavy atom. The summed E-state index contributed by atoms with van der Waals surface area (Å²) in [6.45, 7) is 12.7. The molecule has 1 aromatic rings. The summed E-state index contributed by atoms with van der Waals surface area (Å²) in [5.74, 6) is 1.99. The number of guanidine groups is 1. The van der Waals surface area contributed by atoms with Crippen molar-refractivity contribution in [2.75, 3.05) is 84.1 Å². The third kappa shape index (κ3) is 5.75. The van der Waals surface area contributed by atoms with E-state index in [0.717, 1.165) is 90.2 Å². The predicted octanol–water partition coefficient (Wildman–Crippen LogP) is 1.51. The maximum atomic E-state index is 5.52. The molecule has 0 spiro atoms. The number of morpholine rings is 1. The Labute approximate surface area is 169 Å². The number of nitrogens with one attached hydrogen (secondary N) is 1. The van der Waals surface area contributed by atoms with Gasteiger partial charge in [0.1, 0.15) is 5.75 Å². The molecule has 156 valence electrons. The predicted molar refractivity (Wildman–Crippen MR) is 115 cm³/mol. The Hall–Kier alpha value is -1.99. The van der Waals surface area contributed by atoms with Crippen molar-refractivity contribution in [2.24, 2.45) is 4.99 Å². The van der Waals surface area contributed by atoms with Crippen LogP contribution in [0.3, 0.4) is 0 Å². The van der Waals surface area contributed by atoms with Crippen molar-refractivity contribution in [1.82, 2.24) is 15.1 Å². The highest BCUT2D eigenvalue weighted by molar-refractivity contribution is 5.80. The van der Waals surface area contributed by atoms with E-state index in [0.29, 0.717) is 0 Å². The van der Waals surface area contributed by atoms with Crippen molar-refractivity contribution >= 4 is 11.6 Å². The molecule has 2 saturated heterocycles. The van der Waals surface area contributed by atoms with E-state index >= 15 is 0 Å². The van der Waals surface area contributed by atoms with Crippen molar-refractivity contribution in [3.05, 3.63) is 24.3 Å². The first-order chi connectivity index (χ1) is 13.8. The molecule has 0 unspecified atom stereocenters. The van der Waals surface area contributed by atoms with E-state index < -0.39 is 0 Å². The number of anilines is 1. The van der Waals surface area contributed by atoms with E-state index in [1.165, 1.54) is 5.69 Å². The van der Waals surface area contributed by atoms with Gasteiger partial charge in [-0.25, -0.2) is 0 Å². The smallest absolute Gasteiger partial charge is 0.194 e. The van der Waals surface area contributed by atoms with Gasteiger partial charge in [-0.05, 0) is 25.5 Å². The first-order valence-electron chi connectivity index (χ1n) is 10.5. The van der Waals surface area contributed by atoms with Crippen LogP contribution in [0, 0.1) is 0 Å². The van der Waals surface area contributed by atoms with Crippen molar-refractivity contribution in [1.29, 1.82) is 0 Å². The first kappa shape index (κ1) is 20.7. The second-order valence-corrected chi connectivity index (χ2v) is 7.19. The Kier molecular flexibility index (Phi) is 8.23. The normalized spacial score (nSPS) is 19.0. The van der Waals surface area contributed by atoms with Crippen LogP contribution in [0.1, 0.15) is 13.3 Å². The van der Waals surface area contributed by atoms with Gasteiger partial charge >= 0.3 is 0 Å². The number of hydrogen-bond acceptors (Lipinski definition) is 5. The molecular weight excluding hydrogens is 354 g/mol. The van der Waals surface area contributed by atoms with Crippen LogP contribution in [0.25, 0.3) is 0 Å². The van der Waals surface area contributed by atoms with Crippen LogP contribution in [0.4, 0.5) is 5.69 Å². The third-order valence-electron chi connectivity index (χ3n) is 5.34. The average Bonchev–Trinajstić information content (AvgIpc) is 2.77. The number of aliphatic imine (C=N–C) groups is 1. The molecule has 0 radical (unpaired) electrons. The number of nitrogens with zero attached hydrogens (tertiary/aromatic N) is 4. The summed E-state index contributed by atoms with van der Waals surface area (Å²) in [5, 5.41) is 3.47. The molecule has 0 bridgehead atoms. The summed E-state index contributed by atoms with van der Waals surface area (Å²) in [7, 11) is 1.74. The molecule has 2 aliphatic rings. The lowest BCUT2D eigenvalue weighted by Gasteiger charge is -2.38. The zero-order chi connectivity index (χ0) is 19.6. The van der Waals surface area contributed by atoms with Gasteiger partial charge in [-0.2, -0.15) is 0 Å². The Balaban J connectivity index is 1.49. The van der Waals surface area contributed by atoms with Crippen LogP contribution < -0.4 is 15.0 Å². The summed E-state index contributed by atoms with van der Waals surface area (Å²) >= 11 is 0. The molecular formula is C21H35N5O2. The number of ether oxygens (including phenoxy) is 2. The third-order valence-corrected chi connectivity index (χ3v) is 5.34. The van der Waals surface area contributed by atoms with Gasteiger partial charge < -0.3 is 24.6 Å². The molecule has 2 heterocycles. The van der Waals surface area contributed by atoms with E-state index in [2.05, 4.69) is 39.1 Å². The van der Waals surface area contributed by atoms with Crippen LogP contribution in [-0.2, 0) is 4.74 Å². The highest BCUT2D eigenvalue weighted by Gasteiger charge is 2.21. The van der Waals surface area contributed by atoms with Crippen molar-refractivity contribution in [3.63, 3.8) is 0 Å². The molecule has 0 atom stereocenters. The maximum absolute atomic E-state index is 5.52. The summed E-state index contributed by atoms with van der Waals surface area (Å²) in [5.41, 5.74) is 1.18. The second-order valence-electron chi connectivity index (χ2n) is 7.19. The van der Waals surface area contributed by atoms with Gasteiger partial charge in [0.25, 0.3) is 0 Å². The topological polar surface area (TPSA) is 52.6 Å². The van der Waals surface area contributed by atoms with Gasteiger partial charge in [-0.1, -0.05) is 12.1 Å². The van der Waals surface area contributed by atoms with E-state index in [-0.39, 0.29) is 0 Å². The largest absolute Gasteiger partial charge is 0.495 e. The Bertz CT molecular complexity index is 611. The fourth-order valence-corrected chi connectivity index (χ4v) is 3.78. The van der Waals surface area contributed by atoms with E-state index in [4.69, 9.17) is 14.5 Å². The van der Waals surface area contributed by atoms with Crippen LogP contribution in [0.15, 0.2) is 29.3 Å². The van der Waals surface area contributed by atoms with Crippen molar-refractivity contribution in [2.45, 2.75) is 13.3 Å². The number of hydrogen-bond donors (Lipinski definition) is 1. The number of benzene rings is 1. The minimum absolute atomic E-state index is 0.863. The maximum Gasteiger partial charge on any atom is 0.194 e. The molecule has 2 aliphatic heterocycles. The zero-order valence-electron chi connectivity index (χ0n) is 17.4. The average molecular weight is 390 g/mol. The molecule has 2 fully saturated rings. The van der Waals surface area contributed by atoms with Gasteiger partial charge in [-0.15, -0.1) is 0 Å². The quantitative estimate of drug-likeness (QED) is 0.433. The molecule has 0 saturated carbocycles. The van der Waals surface area contributed by atoms with Crippen molar-refractivity contribution < 1.29 is 9.47 Å². The fraction of sp³-hybridized carbons (Fsp3) is 0.667. The van der Waals surface area contributed by atoms with Crippen molar-refractivity contribution in [3.8, 4) is 5.75 Å². The lowest BCUT2D eigenvalue weighted by Crippen LogP contribution is -2.52. The molecule has 28 heavy (non-hydrogen) atoms. The van der Waals surface area contributed by atoms with Gasteiger partial charge in [0.2, 0.25) is 0 Å². The van der Waals surface area contributed by atoms with Crippen LogP contribution in [0.5, 0.6) is 5.75 Å². The highest BCUT2D eigenvalue weighted by atomic mass is 16.5. The fourth-order valence-electron chi connectivity index (χ4n) is 3.78. The highest BCUT2D eigenvalue weighted by Crippen LogP contribution is 2.28. The SMILES string of the molecule is CCNC(=NCCCN1CCOCC1)N1CCN(c2ccccc2OC)CC1. The molecule has 7 heteroatoms. The van der Waals surface area contributed by atoms with Crippen LogP contribution in [0.2, 0.25) is 0 Å². The van der Waals surface area contributed by atoms with E-state index in [1.54, 1.807) is 7.11 Å². The minimum Gasteiger partial charge on any atom is -0.495 e. The standard InChI is InChI=1S/C21H35N5O2/c1-3-22-21(23-9-6-10-24-15-17-28-18-16-24)26-13-11-25(12-14-26)19-7-4-5-8-20(19)27-2/h4-5,7-8H,3,6,9-18H2,1-2H3,(H,22,23). The zero-order valence-corrected chi connectivity index (χ0v) is 17.4. The lowest BCUT2D eigenvalue weighted by molar-refractivity contribution is 0.0377. The van der Waals surface area contributed by atoms with Gasteiger partial charge in [0.05, 0.1) is 26.0 Å². The molecule has 3 rings (SSSR count). The molecule has 0 aliphatic carbocycles. The second kappa shape index (κ2) is 11.1. The molecule has 0 aromatic heterocycles. The Morgan fingerprint density at radius 1 is 1.11 bits per heavy atom. The number of para-hydroxylation sites is 2. The van der Waals surface area contributed by atoms with Crippen LogP contribution >= 0.6 is 0 Å². The minimum atomic E-state index is 0.863. The number of methoxy groups -OCH3 is 1. The summed E-state index contributed by atoms with van der Waals surface area (Å²) in [4.78, 5) is 12.1. The van der Waals surface area contributed by atoms with Gasteiger partial charge in [0, 0.05) is 58.9 Å².